The molecule has 0 saturated heterocycles. The van der Waals surface area contributed by atoms with Crippen LogP contribution >= 0.6 is 20.2 Å². The summed E-state index contributed by atoms with van der Waals surface area (Å²) in [7, 11) is 0. The molecule has 0 bridgehead atoms. The number of phenols is 1. The predicted octanol–water partition coefficient (Wildman–Crippen LogP) is 3.33. The normalized spacial score (nSPS) is 15.4. The number of hydrogen-bond donors (Lipinski definition) is 1. The Bertz CT molecular complexity index is 619. The van der Waals surface area contributed by atoms with Gasteiger partial charge in [0, 0.05) is 0 Å². The van der Waals surface area contributed by atoms with Gasteiger partial charge in [-0.05, 0) is 0 Å². The Morgan fingerprint density at radius 2 is 1.83 bits per heavy atom. The molecule has 3 nitrogen and oxygen atoms in total. The van der Waals surface area contributed by atoms with Gasteiger partial charge < -0.3 is 0 Å². The quantitative estimate of drug-likeness (QED) is 0.800. The third-order valence-electron chi connectivity index (χ3n) is 2.71. The van der Waals surface area contributed by atoms with E-state index in [0.717, 1.165) is 7.14 Å². The van der Waals surface area contributed by atoms with Gasteiger partial charge in [0.25, 0.3) is 0 Å². The molecule has 92 valence electrons. The van der Waals surface area contributed by atoms with Gasteiger partial charge in [-0.1, -0.05) is 0 Å². The fourth-order valence-electron chi connectivity index (χ4n) is 1.77. The van der Waals surface area contributed by atoms with Crippen molar-refractivity contribution >= 4 is 26.2 Å². The van der Waals surface area contributed by atoms with Crippen molar-refractivity contribution in [1.82, 2.24) is 0 Å². The first kappa shape index (κ1) is 11.5. The SMILES string of the molecule is Cc1ccc(I2OC(=O)c3ccc(O)cc32)cc1. The zero-order valence-corrected chi connectivity index (χ0v) is 11.8. The molecule has 0 spiro atoms. The van der Waals surface area contributed by atoms with Gasteiger partial charge in [-0.15, -0.1) is 0 Å². The molecule has 0 fully saturated rings. The predicted molar refractivity (Wildman–Crippen MR) is 76.1 cm³/mol. The monoisotopic (exact) mass is 354 g/mol. The van der Waals surface area contributed by atoms with Crippen molar-refractivity contribution in [3.05, 3.63) is 60.7 Å². The first-order valence-electron chi connectivity index (χ1n) is 5.47. The molecule has 0 atom stereocenters. The zero-order valence-electron chi connectivity index (χ0n) is 9.68. The van der Waals surface area contributed by atoms with E-state index < -0.39 is 20.2 Å². The third-order valence-corrected chi connectivity index (χ3v) is 7.35. The summed E-state index contributed by atoms with van der Waals surface area (Å²) in [5, 5.41) is 9.55. The maximum absolute atomic E-state index is 11.8. The van der Waals surface area contributed by atoms with Crippen molar-refractivity contribution in [2.45, 2.75) is 6.92 Å². The number of aryl methyl sites for hydroxylation is 1. The maximum atomic E-state index is 11.8. The second kappa shape index (κ2) is 4.28. The molecule has 2 aromatic rings. The van der Waals surface area contributed by atoms with Crippen LogP contribution in [0.25, 0.3) is 0 Å². The van der Waals surface area contributed by atoms with Crippen molar-refractivity contribution in [3.8, 4) is 5.75 Å². The van der Waals surface area contributed by atoms with Crippen LogP contribution in [-0.4, -0.2) is 11.1 Å². The van der Waals surface area contributed by atoms with Crippen molar-refractivity contribution < 1.29 is 13.0 Å². The van der Waals surface area contributed by atoms with E-state index >= 15 is 0 Å². The van der Waals surface area contributed by atoms with Crippen molar-refractivity contribution in [2.24, 2.45) is 0 Å². The molecule has 0 unspecified atom stereocenters. The van der Waals surface area contributed by atoms with E-state index in [1.54, 1.807) is 12.1 Å². The Balaban J connectivity index is 2.09. The Kier molecular flexibility index (Phi) is 2.74. The van der Waals surface area contributed by atoms with Gasteiger partial charge in [-0.2, -0.15) is 0 Å². The molecule has 0 radical (unpaired) electrons. The molecule has 1 aliphatic heterocycles. The van der Waals surface area contributed by atoms with Gasteiger partial charge in [-0.3, -0.25) is 0 Å². The first-order valence-corrected chi connectivity index (χ1v) is 8.51. The average Bonchev–Trinajstić information content (AvgIpc) is 2.67. The Morgan fingerprint density at radius 1 is 1.11 bits per heavy atom. The van der Waals surface area contributed by atoms with E-state index in [9.17, 15) is 9.90 Å². The van der Waals surface area contributed by atoms with E-state index in [-0.39, 0.29) is 11.7 Å². The van der Waals surface area contributed by atoms with Gasteiger partial charge in [-0.25, -0.2) is 0 Å². The summed E-state index contributed by atoms with van der Waals surface area (Å²) in [5.74, 6) is -0.0859. The molecule has 2 aromatic carbocycles. The van der Waals surface area contributed by atoms with Gasteiger partial charge in [0.2, 0.25) is 0 Å². The molecule has 1 N–H and O–H groups in total. The number of aromatic hydroxyl groups is 1. The van der Waals surface area contributed by atoms with Gasteiger partial charge in [0.05, 0.1) is 0 Å². The summed E-state index contributed by atoms with van der Waals surface area (Å²) in [4.78, 5) is 11.8. The molecule has 1 aliphatic rings. The number of phenolic OH excluding ortho intramolecular Hbond substituents is 1. The van der Waals surface area contributed by atoms with Crippen LogP contribution in [0.5, 0.6) is 5.75 Å². The van der Waals surface area contributed by atoms with Crippen LogP contribution in [0.1, 0.15) is 15.9 Å². The number of carbonyl (C=O) groups is 1. The molecule has 0 aromatic heterocycles. The number of rotatable bonds is 1. The molecule has 0 saturated carbocycles. The zero-order chi connectivity index (χ0) is 12.7. The molecule has 1 heterocycles. The summed E-state index contributed by atoms with van der Waals surface area (Å²) >= 11 is -2.15. The number of fused-ring (bicyclic) bond motifs is 1. The van der Waals surface area contributed by atoms with Gasteiger partial charge in [0.15, 0.2) is 0 Å². The second-order valence-corrected chi connectivity index (χ2v) is 8.34. The molecule has 4 heteroatoms. The standard InChI is InChI=1S/C14H11IO3/c1-9-2-4-10(5-3-9)15-13-8-11(16)6-7-12(13)14(17)18-15/h2-8,16H,1H3. The second-order valence-electron chi connectivity index (χ2n) is 4.07. The summed E-state index contributed by atoms with van der Waals surface area (Å²) in [6.45, 7) is 2.02. The van der Waals surface area contributed by atoms with Crippen LogP contribution in [0.3, 0.4) is 0 Å². The minimum absolute atomic E-state index is 0.182. The van der Waals surface area contributed by atoms with Crippen molar-refractivity contribution in [3.63, 3.8) is 0 Å². The van der Waals surface area contributed by atoms with Crippen molar-refractivity contribution in [1.29, 1.82) is 0 Å². The fraction of sp³-hybridized carbons (Fsp3) is 0.0714. The number of benzene rings is 2. The first-order chi connectivity index (χ1) is 8.65. The van der Waals surface area contributed by atoms with Crippen LogP contribution in [-0.2, 0) is 3.07 Å². The third kappa shape index (κ3) is 1.86. The van der Waals surface area contributed by atoms with E-state index in [1.807, 2.05) is 31.2 Å². The summed E-state index contributed by atoms with van der Waals surface area (Å²) in [6.07, 6.45) is 0. The molecule has 0 amide bonds. The fourth-order valence-corrected chi connectivity index (χ4v) is 6.12. The van der Waals surface area contributed by atoms with Gasteiger partial charge in [0.1, 0.15) is 0 Å². The summed E-state index contributed by atoms with van der Waals surface area (Å²) in [6, 6.07) is 12.9. The average molecular weight is 354 g/mol. The minimum atomic E-state index is -2.15. The van der Waals surface area contributed by atoms with Crippen LogP contribution in [0.2, 0.25) is 0 Å². The summed E-state index contributed by atoms with van der Waals surface area (Å²) < 4.78 is 7.47. The van der Waals surface area contributed by atoms with Crippen LogP contribution in [0, 0.1) is 14.1 Å². The molecule has 0 aliphatic carbocycles. The number of hydrogen-bond acceptors (Lipinski definition) is 3. The summed E-state index contributed by atoms with van der Waals surface area (Å²) in [5.41, 5.74) is 1.77. The topological polar surface area (TPSA) is 46.5 Å². The van der Waals surface area contributed by atoms with Crippen LogP contribution in [0.4, 0.5) is 0 Å². The molecule has 3 rings (SSSR count). The Hall–Kier alpha value is -1.56. The van der Waals surface area contributed by atoms with Crippen LogP contribution < -0.4 is 0 Å². The number of carbonyl (C=O) groups excluding carboxylic acids is 1. The molecule has 18 heavy (non-hydrogen) atoms. The van der Waals surface area contributed by atoms with E-state index in [1.165, 1.54) is 11.6 Å². The molecular formula is C14H11IO3. The Labute approximate surface area is 112 Å². The Morgan fingerprint density at radius 3 is 2.56 bits per heavy atom. The number of halogens is 1. The van der Waals surface area contributed by atoms with Crippen LogP contribution in [0.15, 0.2) is 42.5 Å². The van der Waals surface area contributed by atoms with E-state index in [0.29, 0.717) is 5.56 Å². The van der Waals surface area contributed by atoms with Crippen molar-refractivity contribution in [2.75, 3.05) is 0 Å². The van der Waals surface area contributed by atoms with Gasteiger partial charge >= 0.3 is 113 Å². The molecular weight excluding hydrogens is 343 g/mol. The van der Waals surface area contributed by atoms with E-state index in [2.05, 4.69) is 0 Å². The van der Waals surface area contributed by atoms with E-state index in [4.69, 9.17) is 3.07 Å².